The molecule has 2 unspecified atom stereocenters. The fraction of sp³-hybridized carbons (Fsp3) is 0.647. The molecule has 0 radical (unpaired) electrons. The molecule has 21 heavy (non-hydrogen) atoms. The molecule has 4 heteroatoms. The zero-order valence-electron chi connectivity index (χ0n) is 13.8. The lowest BCUT2D eigenvalue weighted by Crippen LogP contribution is -2.43. The lowest BCUT2D eigenvalue weighted by atomic mass is 9.96. The summed E-state index contributed by atoms with van der Waals surface area (Å²) < 4.78 is 0. The summed E-state index contributed by atoms with van der Waals surface area (Å²) in [6, 6.07) is 8.49. The Morgan fingerprint density at radius 1 is 1.14 bits per heavy atom. The zero-order valence-corrected chi connectivity index (χ0v) is 14.6. The number of nitrogens with two attached hydrogens (primary N) is 1. The molecule has 0 aliphatic heterocycles. The number of benzene rings is 1. The minimum absolute atomic E-state index is 0.122. The molecule has 0 spiro atoms. The van der Waals surface area contributed by atoms with E-state index in [2.05, 4.69) is 49.9 Å². The molecule has 2 N–H and O–H groups in total. The van der Waals surface area contributed by atoms with Crippen molar-refractivity contribution >= 4 is 11.6 Å². The van der Waals surface area contributed by atoms with E-state index in [-0.39, 0.29) is 12.1 Å². The normalized spacial score (nSPS) is 14.7. The lowest BCUT2D eigenvalue weighted by molar-refractivity contribution is 0.155. The van der Waals surface area contributed by atoms with Gasteiger partial charge in [-0.2, -0.15) is 0 Å². The van der Waals surface area contributed by atoms with E-state index in [4.69, 9.17) is 17.3 Å². The molecular weight excluding hydrogens is 282 g/mol. The lowest BCUT2D eigenvalue weighted by Gasteiger charge is -2.36. The quantitative estimate of drug-likeness (QED) is 0.758. The average Bonchev–Trinajstić information content (AvgIpc) is 2.44. The molecule has 2 atom stereocenters. The summed E-state index contributed by atoms with van der Waals surface area (Å²) in [5.41, 5.74) is 7.66. The van der Waals surface area contributed by atoms with Crippen molar-refractivity contribution in [3.8, 4) is 0 Å². The molecule has 1 aromatic carbocycles. The molecule has 0 fully saturated rings. The second-order valence-electron chi connectivity index (χ2n) is 5.91. The van der Waals surface area contributed by atoms with Crippen LogP contribution < -0.4 is 5.73 Å². The third-order valence-corrected chi connectivity index (χ3v) is 4.04. The molecule has 1 aromatic rings. The van der Waals surface area contributed by atoms with Crippen molar-refractivity contribution in [3.05, 3.63) is 34.9 Å². The third kappa shape index (κ3) is 5.95. The number of rotatable bonds is 9. The molecule has 0 saturated heterocycles. The third-order valence-electron chi connectivity index (χ3n) is 3.81. The number of nitrogens with zero attached hydrogens (tertiary/aromatic N) is 2. The van der Waals surface area contributed by atoms with Crippen LogP contribution in [0.25, 0.3) is 0 Å². The van der Waals surface area contributed by atoms with Gasteiger partial charge in [0.1, 0.15) is 0 Å². The van der Waals surface area contributed by atoms with Crippen LogP contribution in [-0.4, -0.2) is 49.6 Å². The second-order valence-corrected chi connectivity index (χ2v) is 6.35. The molecule has 3 nitrogen and oxygen atoms in total. The highest BCUT2D eigenvalue weighted by Gasteiger charge is 2.25. The smallest absolute Gasteiger partial charge is 0.0500 e. The maximum absolute atomic E-state index is 6.44. The Morgan fingerprint density at radius 3 is 2.38 bits per heavy atom. The van der Waals surface area contributed by atoms with Crippen LogP contribution in [0.1, 0.15) is 38.3 Å². The Balaban J connectivity index is 3.01. The maximum Gasteiger partial charge on any atom is 0.0500 e. The fourth-order valence-electron chi connectivity index (χ4n) is 2.65. The van der Waals surface area contributed by atoms with Gasteiger partial charge in [-0.3, -0.25) is 4.90 Å². The van der Waals surface area contributed by atoms with Crippen molar-refractivity contribution in [1.29, 1.82) is 0 Å². The van der Waals surface area contributed by atoms with Gasteiger partial charge in [-0.15, -0.1) is 0 Å². The highest BCUT2D eigenvalue weighted by molar-refractivity contribution is 6.30. The topological polar surface area (TPSA) is 32.5 Å². The minimum atomic E-state index is 0.122. The largest absolute Gasteiger partial charge is 0.326 e. The molecular formula is C17H30ClN3. The summed E-state index contributed by atoms with van der Waals surface area (Å²) in [6.45, 7) is 7.48. The Hall–Kier alpha value is -0.610. The SMILES string of the molecule is CCCN(CCN(C)C)C(c1cccc(Cl)c1)C(N)CC. The van der Waals surface area contributed by atoms with Gasteiger partial charge in [0.05, 0.1) is 0 Å². The average molecular weight is 312 g/mol. The van der Waals surface area contributed by atoms with Gasteiger partial charge in [-0.1, -0.05) is 37.6 Å². The van der Waals surface area contributed by atoms with Crippen LogP contribution in [0.15, 0.2) is 24.3 Å². The summed E-state index contributed by atoms with van der Waals surface area (Å²) in [5.74, 6) is 0. The first-order chi connectivity index (χ1) is 9.99. The zero-order chi connectivity index (χ0) is 15.8. The summed E-state index contributed by atoms with van der Waals surface area (Å²) in [6.07, 6.45) is 2.08. The number of halogens is 1. The van der Waals surface area contributed by atoms with E-state index in [1.54, 1.807) is 0 Å². The van der Waals surface area contributed by atoms with E-state index in [1.165, 1.54) is 5.56 Å². The van der Waals surface area contributed by atoms with Gasteiger partial charge in [0.2, 0.25) is 0 Å². The first-order valence-electron chi connectivity index (χ1n) is 7.89. The Morgan fingerprint density at radius 2 is 1.86 bits per heavy atom. The Labute approximate surface area is 135 Å². The molecule has 1 rings (SSSR count). The van der Waals surface area contributed by atoms with Crippen molar-refractivity contribution < 1.29 is 0 Å². The molecule has 0 heterocycles. The Bertz CT molecular complexity index is 409. The van der Waals surface area contributed by atoms with Crippen LogP contribution in [0.4, 0.5) is 0 Å². The van der Waals surface area contributed by atoms with Crippen LogP contribution in [0.5, 0.6) is 0 Å². The van der Waals surface area contributed by atoms with Crippen LogP contribution in [0.2, 0.25) is 5.02 Å². The number of hydrogen-bond donors (Lipinski definition) is 1. The first kappa shape index (κ1) is 18.4. The minimum Gasteiger partial charge on any atom is -0.326 e. The van der Waals surface area contributed by atoms with Crippen molar-refractivity contribution in [2.45, 2.75) is 38.8 Å². The van der Waals surface area contributed by atoms with E-state index in [0.29, 0.717) is 0 Å². The first-order valence-corrected chi connectivity index (χ1v) is 8.27. The van der Waals surface area contributed by atoms with Gasteiger partial charge < -0.3 is 10.6 Å². The monoisotopic (exact) mass is 311 g/mol. The predicted octanol–water partition coefficient (Wildman–Crippen LogP) is 3.39. The van der Waals surface area contributed by atoms with Crippen molar-refractivity contribution in [2.75, 3.05) is 33.7 Å². The van der Waals surface area contributed by atoms with Gasteiger partial charge in [0, 0.05) is 30.2 Å². The number of likely N-dealkylation sites (N-methyl/N-ethyl adjacent to an activating group) is 1. The van der Waals surface area contributed by atoms with Crippen molar-refractivity contribution in [3.63, 3.8) is 0 Å². The predicted molar refractivity (Wildman–Crippen MR) is 92.9 cm³/mol. The molecule has 0 aliphatic rings. The highest BCUT2D eigenvalue weighted by atomic mass is 35.5. The van der Waals surface area contributed by atoms with Gasteiger partial charge >= 0.3 is 0 Å². The van der Waals surface area contributed by atoms with Gasteiger partial charge in [0.15, 0.2) is 0 Å². The van der Waals surface area contributed by atoms with Crippen LogP contribution in [-0.2, 0) is 0 Å². The molecule has 0 saturated carbocycles. The summed E-state index contributed by atoms with van der Waals surface area (Å²) in [4.78, 5) is 4.72. The van der Waals surface area contributed by atoms with E-state index < -0.39 is 0 Å². The van der Waals surface area contributed by atoms with E-state index in [0.717, 1.165) is 37.5 Å². The van der Waals surface area contributed by atoms with Gasteiger partial charge in [-0.25, -0.2) is 0 Å². The van der Waals surface area contributed by atoms with Crippen molar-refractivity contribution in [2.24, 2.45) is 5.73 Å². The summed E-state index contributed by atoms with van der Waals surface area (Å²) in [5, 5.41) is 0.782. The van der Waals surface area contributed by atoms with Crippen LogP contribution >= 0.6 is 11.6 Å². The molecule has 0 amide bonds. The second kappa shape index (κ2) is 9.42. The van der Waals surface area contributed by atoms with Crippen molar-refractivity contribution in [1.82, 2.24) is 9.80 Å². The molecule has 0 aromatic heterocycles. The van der Waals surface area contributed by atoms with Crippen LogP contribution in [0, 0.1) is 0 Å². The Kier molecular flexibility index (Phi) is 8.27. The molecule has 0 aliphatic carbocycles. The maximum atomic E-state index is 6.44. The number of hydrogen-bond acceptors (Lipinski definition) is 3. The van der Waals surface area contributed by atoms with Gasteiger partial charge in [-0.05, 0) is 51.2 Å². The van der Waals surface area contributed by atoms with Crippen LogP contribution in [0.3, 0.4) is 0 Å². The van der Waals surface area contributed by atoms with E-state index in [9.17, 15) is 0 Å². The fourth-order valence-corrected chi connectivity index (χ4v) is 2.85. The summed E-state index contributed by atoms with van der Waals surface area (Å²) in [7, 11) is 4.22. The van der Waals surface area contributed by atoms with E-state index >= 15 is 0 Å². The summed E-state index contributed by atoms with van der Waals surface area (Å²) >= 11 is 6.18. The van der Waals surface area contributed by atoms with E-state index in [1.807, 2.05) is 12.1 Å². The molecule has 0 bridgehead atoms. The van der Waals surface area contributed by atoms with Gasteiger partial charge in [0.25, 0.3) is 0 Å². The highest BCUT2D eigenvalue weighted by Crippen LogP contribution is 2.27. The standard InChI is InChI=1S/C17H30ClN3/c1-5-10-21(12-11-20(3)4)17(16(19)6-2)14-8-7-9-15(18)13-14/h7-9,13,16-17H,5-6,10-12,19H2,1-4H3. The molecule has 120 valence electrons.